The zero-order valence-corrected chi connectivity index (χ0v) is 22.2. The van der Waals surface area contributed by atoms with Crippen molar-refractivity contribution in [1.82, 2.24) is 20.5 Å². The molecule has 5 rings (SSSR count). The molecule has 9 heteroatoms. The van der Waals surface area contributed by atoms with Crippen LogP contribution < -0.4 is 15.4 Å². The third kappa shape index (κ3) is 5.39. The number of hydrogen-bond acceptors (Lipinski definition) is 5. The first kappa shape index (κ1) is 26.5. The topological polar surface area (TPSA) is 121 Å². The average Bonchev–Trinajstić information content (AvgIpc) is 3.70. The van der Waals surface area contributed by atoms with Gasteiger partial charge in [-0.3, -0.25) is 19.2 Å². The van der Waals surface area contributed by atoms with Crippen LogP contribution in [0, 0.1) is 5.92 Å². The molecule has 4 atom stereocenters. The molecule has 2 saturated heterocycles. The highest BCUT2D eigenvalue weighted by Crippen LogP contribution is 2.34. The largest absolute Gasteiger partial charge is 0.496 e. The van der Waals surface area contributed by atoms with Crippen molar-refractivity contribution in [2.45, 2.75) is 50.6 Å². The summed E-state index contributed by atoms with van der Waals surface area (Å²) < 4.78 is 5.45. The van der Waals surface area contributed by atoms with Crippen LogP contribution in [0.1, 0.15) is 54.6 Å². The van der Waals surface area contributed by atoms with Crippen molar-refractivity contribution in [1.29, 1.82) is 0 Å². The number of aromatic amines is 1. The van der Waals surface area contributed by atoms with E-state index in [0.29, 0.717) is 37.4 Å². The minimum absolute atomic E-state index is 0.0363. The number of nitrogens with one attached hydrogen (secondary N) is 3. The molecule has 3 heterocycles. The number of Topliss-reactive ketones (excluding diaryl/α,β-unsaturated/α-hetero) is 1. The number of rotatable bonds is 9. The lowest BCUT2D eigenvalue weighted by Gasteiger charge is -2.26. The number of aromatic nitrogens is 1. The zero-order chi connectivity index (χ0) is 27.5. The third-order valence-electron chi connectivity index (χ3n) is 7.95. The number of nitrogens with zero attached hydrogens (tertiary/aromatic N) is 1. The van der Waals surface area contributed by atoms with Crippen LogP contribution in [0.15, 0.2) is 54.6 Å². The van der Waals surface area contributed by atoms with Gasteiger partial charge in [-0.25, -0.2) is 0 Å². The molecule has 0 saturated carbocycles. The molecule has 3 N–H and O–H groups in total. The molecule has 9 nitrogen and oxygen atoms in total. The highest BCUT2D eigenvalue weighted by atomic mass is 16.5. The summed E-state index contributed by atoms with van der Waals surface area (Å²) in [7, 11) is 1.58. The van der Waals surface area contributed by atoms with Crippen molar-refractivity contribution in [2.75, 3.05) is 20.2 Å². The molecule has 0 spiro atoms. The number of H-pyrrole nitrogens is 1. The van der Waals surface area contributed by atoms with Crippen LogP contribution in [0.2, 0.25) is 0 Å². The van der Waals surface area contributed by atoms with Crippen molar-refractivity contribution in [3.8, 4) is 5.75 Å². The summed E-state index contributed by atoms with van der Waals surface area (Å²) in [5.74, 6) is -0.578. The lowest BCUT2D eigenvalue weighted by molar-refractivity contribution is -0.131. The second kappa shape index (κ2) is 11.3. The summed E-state index contributed by atoms with van der Waals surface area (Å²) in [5.41, 5.74) is 2.18. The predicted molar refractivity (Wildman–Crippen MR) is 146 cm³/mol. The summed E-state index contributed by atoms with van der Waals surface area (Å²) in [5, 5.41) is 6.50. The molecule has 0 bridgehead atoms. The van der Waals surface area contributed by atoms with Gasteiger partial charge < -0.3 is 25.3 Å². The van der Waals surface area contributed by atoms with E-state index >= 15 is 0 Å². The Hall–Kier alpha value is -4.14. The van der Waals surface area contributed by atoms with Gasteiger partial charge in [-0.15, -0.1) is 0 Å². The Balaban J connectivity index is 1.42. The van der Waals surface area contributed by atoms with Crippen molar-refractivity contribution < 1.29 is 23.9 Å². The number of methoxy groups -OCH3 is 1. The van der Waals surface area contributed by atoms with Crippen LogP contribution in [-0.2, 0) is 14.4 Å². The number of hydrogen-bond donors (Lipinski definition) is 3. The third-order valence-corrected chi connectivity index (χ3v) is 7.95. The van der Waals surface area contributed by atoms with Crippen LogP contribution in [0.5, 0.6) is 5.75 Å². The van der Waals surface area contributed by atoms with Gasteiger partial charge in [0.15, 0.2) is 5.78 Å². The number of fused-ring (bicyclic) bond motifs is 1. The number of ether oxygens (including phenoxy) is 1. The van der Waals surface area contributed by atoms with Crippen LogP contribution in [0.3, 0.4) is 0 Å². The summed E-state index contributed by atoms with van der Waals surface area (Å²) >= 11 is 0. The van der Waals surface area contributed by atoms with Crippen molar-refractivity contribution in [2.24, 2.45) is 5.92 Å². The maximum atomic E-state index is 13.9. The fourth-order valence-electron chi connectivity index (χ4n) is 5.79. The molecular formula is C30H34N4O5. The van der Waals surface area contributed by atoms with Crippen LogP contribution in [-0.4, -0.2) is 65.7 Å². The van der Waals surface area contributed by atoms with E-state index in [-0.39, 0.29) is 48.2 Å². The van der Waals surface area contributed by atoms with E-state index in [0.717, 1.165) is 16.5 Å². The highest BCUT2D eigenvalue weighted by Gasteiger charge is 2.42. The van der Waals surface area contributed by atoms with E-state index in [2.05, 4.69) is 15.6 Å². The van der Waals surface area contributed by atoms with Crippen LogP contribution >= 0.6 is 0 Å². The highest BCUT2D eigenvalue weighted by molar-refractivity contribution is 6.02. The number of carbonyl (C=O) groups excluding carboxylic acids is 4. The molecule has 2 aromatic carbocycles. The zero-order valence-electron chi connectivity index (χ0n) is 22.2. The standard InChI is InChI=1S/C30H34N4O5/c1-3-26(35)23(14-19-12-13-31-28(19)36)33-29(37)25-15-20(18-8-5-4-6-9-18)17-34(25)30(38)24-16-21-22(32-24)10-7-11-27(21)39-2/h4-11,16,19-20,23,25,32H,3,12-15,17H2,1-2H3,(H,31,36)(H,33,37). The number of amides is 3. The molecule has 2 aliphatic rings. The van der Waals surface area contributed by atoms with E-state index in [1.54, 1.807) is 25.0 Å². The van der Waals surface area contributed by atoms with Crippen molar-refractivity contribution in [3.63, 3.8) is 0 Å². The van der Waals surface area contributed by atoms with Gasteiger partial charge in [0.05, 0.1) is 13.2 Å². The van der Waals surface area contributed by atoms with E-state index in [1.165, 1.54) is 0 Å². The normalized spacial score (nSPS) is 21.5. The first-order chi connectivity index (χ1) is 18.9. The van der Waals surface area contributed by atoms with Crippen molar-refractivity contribution in [3.05, 3.63) is 65.9 Å². The number of carbonyl (C=O) groups is 4. The molecule has 0 aliphatic carbocycles. The maximum Gasteiger partial charge on any atom is 0.271 e. The monoisotopic (exact) mass is 530 g/mol. The van der Waals surface area contributed by atoms with Gasteiger partial charge in [0.2, 0.25) is 11.8 Å². The molecule has 3 amide bonds. The molecule has 0 radical (unpaired) electrons. The van der Waals surface area contributed by atoms with Gasteiger partial charge in [-0.05, 0) is 43.0 Å². The lowest BCUT2D eigenvalue weighted by atomic mass is 9.93. The molecular weight excluding hydrogens is 496 g/mol. The Labute approximate surface area is 227 Å². The minimum atomic E-state index is -0.776. The molecule has 1 aromatic heterocycles. The molecule has 39 heavy (non-hydrogen) atoms. The van der Waals surface area contributed by atoms with Gasteiger partial charge in [-0.2, -0.15) is 0 Å². The second-order valence-electron chi connectivity index (χ2n) is 10.3. The summed E-state index contributed by atoms with van der Waals surface area (Å²) in [6.45, 7) is 2.69. The Bertz CT molecular complexity index is 1380. The minimum Gasteiger partial charge on any atom is -0.496 e. The quantitative estimate of drug-likeness (QED) is 0.393. The Morgan fingerprint density at radius 2 is 1.92 bits per heavy atom. The first-order valence-electron chi connectivity index (χ1n) is 13.5. The maximum absolute atomic E-state index is 13.9. The fourth-order valence-corrected chi connectivity index (χ4v) is 5.79. The molecule has 4 unspecified atom stereocenters. The molecule has 2 fully saturated rings. The number of benzene rings is 2. The van der Waals surface area contributed by atoms with Gasteiger partial charge in [-0.1, -0.05) is 43.3 Å². The van der Waals surface area contributed by atoms with Gasteiger partial charge in [0.1, 0.15) is 17.5 Å². The Morgan fingerprint density at radius 3 is 2.62 bits per heavy atom. The van der Waals surface area contributed by atoms with E-state index in [1.807, 2.05) is 48.5 Å². The SMILES string of the molecule is CCC(=O)C(CC1CCNC1=O)NC(=O)C1CC(c2ccccc2)CN1C(=O)c1cc2c(OC)cccc2[nH]1. The Morgan fingerprint density at radius 1 is 1.13 bits per heavy atom. The van der Waals surface area contributed by atoms with Crippen molar-refractivity contribution >= 4 is 34.4 Å². The van der Waals surface area contributed by atoms with Gasteiger partial charge in [0, 0.05) is 42.2 Å². The summed E-state index contributed by atoms with van der Waals surface area (Å²) in [4.78, 5) is 57.4. The number of ketones is 1. The lowest BCUT2D eigenvalue weighted by Crippen LogP contribution is -2.51. The van der Waals surface area contributed by atoms with Gasteiger partial charge in [0.25, 0.3) is 5.91 Å². The van der Waals surface area contributed by atoms with E-state index in [9.17, 15) is 19.2 Å². The second-order valence-corrected chi connectivity index (χ2v) is 10.3. The van der Waals surface area contributed by atoms with E-state index in [4.69, 9.17) is 4.74 Å². The smallest absolute Gasteiger partial charge is 0.271 e. The summed E-state index contributed by atoms with van der Waals surface area (Å²) in [6.07, 6.45) is 1.57. The van der Waals surface area contributed by atoms with Crippen LogP contribution in [0.4, 0.5) is 0 Å². The summed E-state index contributed by atoms with van der Waals surface area (Å²) in [6, 6.07) is 15.6. The average molecular weight is 531 g/mol. The fraction of sp³-hybridized carbons (Fsp3) is 0.400. The van der Waals surface area contributed by atoms with E-state index < -0.39 is 12.1 Å². The molecule has 3 aromatic rings. The molecule has 2 aliphatic heterocycles. The number of likely N-dealkylation sites (tertiary alicyclic amines) is 1. The van der Waals surface area contributed by atoms with Crippen LogP contribution in [0.25, 0.3) is 10.9 Å². The predicted octanol–water partition coefficient (Wildman–Crippen LogP) is 3.16. The van der Waals surface area contributed by atoms with Gasteiger partial charge >= 0.3 is 0 Å². The Kier molecular flexibility index (Phi) is 7.67. The molecule has 204 valence electrons. The first-order valence-corrected chi connectivity index (χ1v) is 13.5.